The molecule has 0 unspecified atom stereocenters. The molecule has 0 amide bonds. The molecule has 0 aromatic heterocycles. The second-order valence-corrected chi connectivity index (χ2v) is 21.1. The Hall–Kier alpha value is -1.02. The molecule has 5 nitrogen and oxygen atoms in total. The monoisotopic (exact) mass is 649 g/mol. The Balaban J connectivity index is 0.000000472. The lowest BCUT2D eigenvalue weighted by atomic mass is 9.93. The van der Waals surface area contributed by atoms with Crippen molar-refractivity contribution in [3.8, 4) is 0 Å². The van der Waals surface area contributed by atoms with E-state index in [4.69, 9.17) is 23.4 Å². The molecular formula is C39H72O5Si. The molecule has 0 aromatic rings. The predicted molar refractivity (Wildman–Crippen MR) is 195 cm³/mol. The summed E-state index contributed by atoms with van der Waals surface area (Å²) in [5, 5.41) is 0.233. The van der Waals surface area contributed by atoms with Gasteiger partial charge >= 0.3 is 0 Å². The van der Waals surface area contributed by atoms with E-state index < -0.39 is 19.9 Å². The van der Waals surface area contributed by atoms with Crippen LogP contribution >= 0.6 is 0 Å². The van der Waals surface area contributed by atoms with Crippen LogP contribution in [0.5, 0.6) is 0 Å². The molecule has 2 saturated heterocycles. The van der Waals surface area contributed by atoms with E-state index in [1.165, 1.54) is 0 Å². The van der Waals surface area contributed by atoms with E-state index in [1.54, 1.807) is 0 Å². The summed E-state index contributed by atoms with van der Waals surface area (Å²) in [6.45, 7) is 42.7. The summed E-state index contributed by atoms with van der Waals surface area (Å²) in [4.78, 5) is 0. The lowest BCUT2D eigenvalue weighted by Gasteiger charge is -2.39. The van der Waals surface area contributed by atoms with E-state index in [1.807, 2.05) is 39.8 Å². The third-order valence-electron chi connectivity index (χ3n) is 9.79. The summed E-state index contributed by atoms with van der Waals surface area (Å²) >= 11 is 0. The molecule has 2 heterocycles. The summed E-state index contributed by atoms with van der Waals surface area (Å²) in [6.07, 6.45) is 15.2. The number of rotatable bonds is 14. The molecule has 2 aliphatic rings. The van der Waals surface area contributed by atoms with Crippen LogP contribution in [0.3, 0.4) is 0 Å². The molecule has 0 N–H and O–H groups in total. The number of ether oxygens (including phenoxy) is 4. The first kappa shape index (κ1) is 42.0. The fraction of sp³-hybridized carbons (Fsp3) is 0.795. The van der Waals surface area contributed by atoms with Crippen molar-refractivity contribution in [2.45, 2.75) is 170 Å². The number of allylic oxidation sites excluding steroid dienone is 1. The zero-order chi connectivity index (χ0) is 35.0. The molecule has 6 heteroatoms. The fourth-order valence-electron chi connectivity index (χ4n) is 5.36. The van der Waals surface area contributed by atoms with Crippen molar-refractivity contribution in [1.82, 2.24) is 0 Å². The van der Waals surface area contributed by atoms with Crippen molar-refractivity contribution >= 4 is 8.32 Å². The zero-order valence-corrected chi connectivity index (χ0v) is 33.1. The third-order valence-corrected chi connectivity index (χ3v) is 14.4. The summed E-state index contributed by atoms with van der Waals surface area (Å²) in [7, 11) is -1.74. The molecule has 0 bridgehead atoms. The van der Waals surface area contributed by atoms with Gasteiger partial charge in [-0.3, -0.25) is 0 Å². The lowest BCUT2D eigenvalue weighted by Crippen LogP contribution is -2.44. The first-order valence-corrected chi connectivity index (χ1v) is 20.3. The average Bonchev–Trinajstić information content (AvgIpc) is 3.38. The Labute approximate surface area is 280 Å². The van der Waals surface area contributed by atoms with Gasteiger partial charge in [0.25, 0.3) is 0 Å². The lowest BCUT2D eigenvalue weighted by molar-refractivity contribution is -0.148. The molecule has 2 rings (SSSR count). The Morgan fingerprint density at radius 3 is 1.38 bits per heavy atom. The van der Waals surface area contributed by atoms with Crippen molar-refractivity contribution in [2.24, 2.45) is 29.6 Å². The zero-order valence-electron chi connectivity index (χ0n) is 32.1. The van der Waals surface area contributed by atoms with Crippen LogP contribution in [0.25, 0.3) is 0 Å². The van der Waals surface area contributed by atoms with Gasteiger partial charge in [0.05, 0.1) is 24.4 Å². The van der Waals surface area contributed by atoms with Gasteiger partial charge in [0, 0.05) is 17.9 Å². The molecule has 0 spiro atoms. The van der Waals surface area contributed by atoms with Crippen LogP contribution in [-0.4, -0.2) is 50.4 Å². The van der Waals surface area contributed by atoms with Crippen molar-refractivity contribution in [1.29, 1.82) is 0 Å². The van der Waals surface area contributed by atoms with E-state index in [9.17, 15) is 0 Å². The Kier molecular flexibility index (Phi) is 16.2. The fourth-order valence-corrected chi connectivity index (χ4v) is 6.86. The van der Waals surface area contributed by atoms with Crippen LogP contribution < -0.4 is 0 Å². The Bertz CT molecular complexity index is 959. The summed E-state index contributed by atoms with van der Waals surface area (Å²) in [5.74, 6) is 1.26. The molecular weight excluding hydrogens is 577 g/mol. The minimum Gasteiger partial charge on any atom is -0.414 e. The normalized spacial score (nSPS) is 28.5. The number of hydrogen-bond donors (Lipinski definition) is 0. The third kappa shape index (κ3) is 13.6. The Morgan fingerprint density at radius 1 is 0.667 bits per heavy atom. The number of hydrogen-bond acceptors (Lipinski definition) is 5. The Morgan fingerprint density at radius 2 is 1.04 bits per heavy atom. The van der Waals surface area contributed by atoms with Crippen molar-refractivity contribution < 1.29 is 23.4 Å². The summed E-state index contributed by atoms with van der Waals surface area (Å²) < 4.78 is 30.7. The standard InChI is InChI=1S/C22H42O3Si.C17H30O2/c1-12-13-19-20(24-22(8,9)23-19)17(3)15-14-16(2)18(4)25-26(10,11)21(5,6)7;1-8-9-15-16(19-17(6,7)18-15)14(5)11-10-13(4)12(2)3/h12,14-20H,1,13H2,2-11H3;8,10-16H,1,9H2,2-7H3/b15-14-;11-10-/t16-,17-,18+,19+,20-;13-,14-,15+,16-/m11/s1. The average molecular weight is 649 g/mol. The summed E-state index contributed by atoms with van der Waals surface area (Å²) in [5.41, 5.74) is 0. The minimum atomic E-state index is -1.74. The highest BCUT2D eigenvalue weighted by molar-refractivity contribution is 6.74. The molecule has 2 aliphatic heterocycles. The first-order valence-electron chi connectivity index (χ1n) is 17.4. The second-order valence-electron chi connectivity index (χ2n) is 16.4. The van der Waals surface area contributed by atoms with Gasteiger partial charge in [-0.2, -0.15) is 0 Å². The molecule has 0 saturated carbocycles. The molecule has 0 aliphatic carbocycles. The van der Waals surface area contributed by atoms with Gasteiger partial charge in [-0.25, -0.2) is 0 Å². The van der Waals surface area contributed by atoms with Gasteiger partial charge in [-0.1, -0.05) is 98.8 Å². The van der Waals surface area contributed by atoms with Gasteiger partial charge in [0.1, 0.15) is 0 Å². The molecule has 9 atom stereocenters. The largest absolute Gasteiger partial charge is 0.414 e. The van der Waals surface area contributed by atoms with Crippen LogP contribution in [0.2, 0.25) is 18.1 Å². The predicted octanol–water partition coefficient (Wildman–Crippen LogP) is 10.9. The van der Waals surface area contributed by atoms with Crippen LogP contribution in [0, 0.1) is 29.6 Å². The van der Waals surface area contributed by atoms with E-state index in [0.29, 0.717) is 23.7 Å². The maximum absolute atomic E-state index is 6.53. The van der Waals surface area contributed by atoms with Crippen LogP contribution in [0.15, 0.2) is 49.6 Å². The van der Waals surface area contributed by atoms with E-state index in [2.05, 4.69) is 120 Å². The van der Waals surface area contributed by atoms with Gasteiger partial charge in [-0.05, 0) is 83.3 Å². The maximum atomic E-state index is 6.53. The van der Waals surface area contributed by atoms with E-state index >= 15 is 0 Å². The van der Waals surface area contributed by atoms with E-state index in [0.717, 1.165) is 12.8 Å². The van der Waals surface area contributed by atoms with Crippen LogP contribution in [0.4, 0.5) is 0 Å². The highest BCUT2D eigenvalue weighted by Gasteiger charge is 2.44. The smallest absolute Gasteiger partial charge is 0.192 e. The first-order chi connectivity index (χ1) is 20.5. The van der Waals surface area contributed by atoms with Gasteiger partial charge in [-0.15, -0.1) is 13.2 Å². The van der Waals surface area contributed by atoms with Gasteiger partial charge in [0.15, 0.2) is 19.9 Å². The molecule has 262 valence electrons. The summed E-state index contributed by atoms with van der Waals surface area (Å²) in [6, 6.07) is 0. The molecule has 0 radical (unpaired) electrons. The highest BCUT2D eigenvalue weighted by Crippen LogP contribution is 2.39. The molecule has 0 aromatic carbocycles. The van der Waals surface area contributed by atoms with Crippen molar-refractivity contribution in [3.63, 3.8) is 0 Å². The van der Waals surface area contributed by atoms with Crippen LogP contribution in [-0.2, 0) is 23.4 Å². The SMILES string of the molecule is C=CC[C@@H]1OC(C)(C)O[C@@H]1[C@H](C)/C=C\[C@@H](C)C(C)C.C=CC[C@@H]1OC(C)(C)O[C@@H]1[C@H](C)/C=C\[C@@H](C)[C@H](C)O[Si](C)(C)C(C)(C)C. The maximum Gasteiger partial charge on any atom is 0.192 e. The molecule has 2 fully saturated rings. The van der Waals surface area contributed by atoms with Crippen molar-refractivity contribution in [2.75, 3.05) is 0 Å². The quantitative estimate of drug-likeness (QED) is 0.139. The van der Waals surface area contributed by atoms with Gasteiger partial charge in [0.2, 0.25) is 0 Å². The highest BCUT2D eigenvalue weighted by atomic mass is 28.4. The topological polar surface area (TPSA) is 46.2 Å². The van der Waals surface area contributed by atoms with Crippen LogP contribution in [0.1, 0.15) is 110 Å². The second kappa shape index (κ2) is 17.4. The minimum absolute atomic E-state index is 0.0584. The molecule has 45 heavy (non-hydrogen) atoms. The van der Waals surface area contributed by atoms with Gasteiger partial charge < -0.3 is 23.4 Å². The van der Waals surface area contributed by atoms with E-state index in [-0.39, 0.29) is 41.5 Å². The van der Waals surface area contributed by atoms with Crippen molar-refractivity contribution in [3.05, 3.63) is 49.6 Å².